The van der Waals surface area contributed by atoms with Gasteiger partial charge in [-0.25, -0.2) is 0 Å². The van der Waals surface area contributed by atoms with Crippen LogP contribution in [0.5, 0.6) is 0 Å². The van der Waals surface area contributed by atoms with E-state index in [1.807, 2.05) is 0 Å². The fourth-order valence-electron chi connectivity index (χ4n) is 1.01. The first-order chi connectivity index (χ1) is 7.81. The fourth-order valence-corrected chi connectivity index (χ4v) is 1.12. The largest absolute Gasteiger partial charge is 0.382 e. The molecule has 0 aromatic carbocycles. The summed E-state index contributed by atoms with van der Waals surface area (Å²) < 4.78 is 15.5. The second kappa shape index (κ2) is 13.2. The molecule has 0 aromatic heterocycles. The summed E-state index contributed by atoms with van der Waals surface area (Å²) in [6, 6.07) is 0. The Labute approximate surface area is 104 Å². The summed E-state index contributed by atoms with van der Waals surface area (Å²) in [5.74, 6) is 1.21. The van der Waals surface area contributed by atoms with Crippen LogP contribution in [0.4, 0.5) is 0 Å². The molecule has 0 radical (unpaired) electrons. The molecule has 0 aromatic rings. The Hall–Kier alpha value is 0.130. The predicted octanol–water partition coefficient (Wildman–Crippen LogP) is 1.13. The second-order valence-corrected chi connectivity index (χ2v) is 3.99. The van der Waals surface area contributed by atoms with Crippen LogP contribution in [-0.2, 0) is 14.2 Å². The molecule has 1 unspecified atom stereocenters. The normalized spacial score (nSPS) is 12.9. The van der Waals surface area contributed by atoms with Gasteiger partial charge < -0.3 is 19.5 Å². The third kappa shape index (κ3) is 12.2. The van der Waals surface area contributed by atoms with Gasteiger partial charge in [-0.05, 0) is 12.5 Å². The van der Waals surface area contributed by atoms with Gasteiger partial charge in [0, 0.05) is 19.5 Å². The number of hydrogen-bond donors (Lipinski definition) is 1. The van der Waals surface area contributed by atoms with Gasteiger partial charge in [0.05, 0.1) is 33.0 Å². The molecular formula is C11H24ClNO3. The Kier molecular flexibility index (Phi) is 13.3. The summed E-state index contributed by atoms with van der Waals surface area (Å²) in [4.78, 5) is 0. The Morgan fingerprint density at radius 3 is 2.31 bits per heavy atom. The third-order valence-corrected chi connectivity index (χ3v) is 2.51. The standard InChI is InChI=1S/C11H24ClNO3/c1-11(9-12)10-13-3-4-15-7-8-16-6-5-14-2/h11,13H,3-10H2,1-2H3. The van der Waals surface area contributed by atoms with E-state index in [4.69, 9.17) is 25.8 Å². The van der Waals surface area contributed by atoms with E-state index in [9.17, 15) is 0 Å². The molecule has 0 amide bonds. The summed E-state index contributed by atoms with van der Waals surface area (Å²) in [7, 11) is 1.66. The molecule has 4 nitrogen and oxygen atoms in total. The van der Waals surface area contributed by atoms with E-state index in [0.29, 0.717) is 44.8 Å². The van der Waals surface area contributed by atoms with Crippen LogP contribution in [0.3, 0.4) is 0 Å². The third-order valence-electron chi connectivity index (χ3n) is 1.98. The van der Waals surface area contributed by atoms with Crippen molar-refractivity contribution >= 4 is 11.6 Å². The van der Waals surface area contributed by atoms with Crippen LogP contribution in [0.2, 0.25) is 0 Å². The van der Waals surface area contributed by atoms with E-state index in [2.05, 4.69) is 12.2 Å². The van der Waals surface area contributed by atoms with Crippen LogP contribution in [0.15, 0.2) is 0 Å². The Bertz CT molecular complexity index is 138. The van der Waals surface area contributed by atoms with Gasteiger partial charge in [0.15, 0.2) is 0 Å². The average molecular weight is 254 g/mol. The van der Waals surface area contributed by atoms with Gasteiger partial charge in [-0.3, -0.25) is 0 Å². The minimum Gasteiger partial charge on any atom is -0.382 e. The van der Waals surface area contributed by atoms with E-state index in [0.717, 1.165) is 13.1 Å². The predicted molar refractivity (Wildman–Crippen MR) is 66.3 cm³/mol. The lowest BCUT2D eigenvalue weighted by atomic mass is 10.2. The molecular weight excluding hydrogens is 230 g/mol. The maximum absolute atomic E-state index is 5.68. The molecule has 0 aliphatic heterocycles. The average Bonchev–Trinajstić information content (AvgIpc) is 2.31. The van der Waals surface area contributed by atoms with Gasteiger partial charge in [0.25, 0.3) is 0 Å². The van der Waals surface area contributed by atoms with Gasteiger partial charge >= 0.3 is 0 Å². The molecule has 5 heteroatoms. The number of methoxy groups -OCH3 is 1. The molecule has 0 heterocycles. The van der Waals surface area contributed by atoms with Crippen molar-refractivity contribution < 1.29 is 14.2 Å². The number of nitrogens with one attached hydrogen (secondary N) is 1. The zero-order valence-corrected chi connectivity index (χ0v) is 11.1. The van der Waals surface area contributed by atoms with Gasteiger partial charge in [-0.15, -0.1) is 11.6 Å². The van der Waals surface area contributed by atoms with Crippen LogP contribution >= 0.6 is 11.6 Å². The van der Waals surface area contributed by atoms with E-state index in [1.54, 1.807) is 7.11 Å². The van der Waals surface area contributed by atoms with Crippen molar-refractivity contribution in [1.82, 2.24) is 5.32 Å². The maximum atomic E-state index is 5.68. The molecule has 0 bridgehead atoms. The smallest absolute Gasteiger partial charge is 0.0701 e. The fraction of sp³-hybridized carbons (Fsp3) is 1.00. The lowest BCUT2D eigenvalue weighted by Gasteiger charge is -2.09. The Morgan fingerprint density at radius 1 is 1.06 bits per heavy atom. The highest BCUT2D eigenvalue weighted by Crippen LogP contribution is 1.94. The number of hydrogen-bond acceptors (Lipinski definition) is 4. The lowest BCUT2D eigenvalue weighted by Crippen LogP contribution is -2.26. The molecule has 16 heavy (non-hydrogen) atoms. The lowest BCUT2D eigenvalue weighted by molar-refractivity contribution is 0.0255. The summed E-state index contributed by atoms with van der Waals surface area (Å²) in [5.41, 5.74) is 0. The Morgan fingerprint density at radius 2 is 1.69 bits per heavy atom. The summed E-state index contributed by atoms with van der Waals surface area (Å²) in [6.07, 6.45) is 0. The first-order valence-electron chi connectivity index (χ1n) is 5.72. The summed E-state index contributed by atoms with van der Waals surface area (Å²) >= 11 is 5.68. The minimum atomic E-state index is 0.513. The van der Waals surface area contributed by atoms with Gasteiger partial charge in [0.2, 0.25) is 0 Å². The summed E-state index contributed by atoms with van der Waals surface area (Å²) in [5, 5.41) is 3.28. The highest BCUT2D eigenvalue weighted by Gasteiger charge is 1.97. The topological polar surface area (TPSA) is 39.7 Å². The van der Waals surface area contributed by atoms with Crippen LogP contribution in [-0.4, -0.2) is 59.1 Å². The Balaban J connectivity index is 2.93. The molecule has 0 rings (SSSR count). The monoisotopic (exact) mass is 253 g/mol. The molecule has 1 atom stereocenters. The van der Waals surface area contributed by atoms with Crippen LogP contribution in [0.25, 0.3) is 0 Å². The minimum absolute atomic E-state index is 0.513. The summed E-state index contributed by atoms with van der Waals surface area (Å²) in [6.45, 7) is 7.16. The molecule has 0 saturated heterocycles. The maximum Gasteiger partial charge on any atom is 0.0701 e. The van der Waals surface area contributed by atoms with Crippen molar-refractivity contribution in [2.75, 3.05) is 59.1 Å². The van der Waals surface area contributed by atoms with Gasteiger partial charge in [-0.1, -0.05) is 6.92 Å². The van der Waals surface area contributed by atoms with Gasteiger partial charge in [0.1, 0.15) is 0 Å². The highest BCUT2D eigenvalue weighted by molar-refractivity contribution is 6.18. The molecule has 0 aliphatic carbocycles. The first kappa shape index (κ1) is 16.1. The first-order valence-corrected chi connectivity index (χ1v) is 6.25. The second-order valence-electron chi connectivity index (χ2n) is 3.68. The van der Waals surface area contributed by atoms with Crippen molar-refractivity contribution in [2.45, 2.75) is 6.92 Å². The van der Waals surface area contributed by atoms with E-state index in [1.165, 1.54) is 0 Å². The van der Waals surface area contributed by atoms with Crippen LogP contribution < -0.4 is 5.32 Å². The van der Waals surface area contributed by atoms with Crippen molar-refractivity contribution in [3.63, 3.8) is 0 Å². The highest BCUT2D eigenvalue weighted by atomic mass is 35.5. The molecule has 0 fully saturated rings. The SMILES string of the molecule is COCCOCCOCCNCC(C)CCl. The van der Waals surface area contributed by atoms with Gasteiger partial charge in [-0.2, -0.15) is 0 Å². The molecule has 0 saturated carbocycles. The van der Waals surface area contributed by atoms with E-state index < -0.39 is 0 Å². The molecule has 98 valence electrons. The number of alkyl halides is 1. The quantitative estimate of drug-likeness (QED) is 0.418. The van der Waals surface area contributed by atoms with E-state index >= 15 is 0 Å². The molecule has 1 N–H and O–H groups in total. The van der Waals surface area contributed by atoms with Crippen LogP contribution in [0.1, 0.15) is 6.92 Å². The van der Waals surface area contributed by atoms with Crippen molar-refractivity contribution in [3.05, 3.63) is 0 Å². The molecule has 0 aliphatic rings. The van der Waals surface area contributed by atoms with Crippen molar-refractivity contribution in [2.24, 2.45) is 5.92 Å². The number of ether oxygens (including phenoxy) is 3. The van der Waals surface area contributed by atoms with E-state index in [-0.39, 0.29) is 0 Å². The zero-order chi connectivity index (χ0) is 12.1. The number of rotatable bonds is 12. The van der Waals surface area contributed by atoms with Crippen molar-refractivity contribution in [1.29, 1.82) is 0 Å². The van der Waals surface area contributed by atoms with Crippen molar-refractivity contribution in [3.8, 4) is 0 Å². The zero-order valence-electron chi connectivity index (χ0n) is 10.3. The molecule has 0 spiro atoms. The van der Waals surface area contributed by atoms with Crippen LogP contribution in [0, 0.1) is 5.92 Å². The number of halogens is 1.